The van der Waals surface area contributed by atoms with Crippen LogP contribution in [0.4, 0.5) is 0 Å². The highest BCUT2D eigenvalue weighted by atomic mass is 35.5. The first-order chi connectivity index (χ1) is 6.22. The van der Waals surface area contributed by atoms with E-state index in [1.807, 2.05) is 0 Å². The first kappa shape index (κ1) is 13.8. The van der Waals surface area contributed by atoms with Gasteiger partial charge < -0.3 is 22.4 Å². The molecule has 1 rings (SSSR count). The summed E-state index contributed by atoms with van der Waals surface area (Å²) in [5.41, 5.74) is 0. The molecule has 1 aliphatic rings. The summed E-state index contributed by atoms with van der Waals surface area (Å²) in [5, 5.41) is 9.01. The SMILES string of the molecule is CCCC[N+]1(CCO)C=CN(C)C1.[Cl-]. The molecule has 1 aliphatic heterocycles. The molecule has 0 aromatic rings. The molecule has 0 spiro atoms. The van der Waals surface area contributed by atoms with Crippen LogP contribution in [0.1, 0.15) is 19.8 Å². The van der Waals surface area contributed by atoms with Crippen molar-refractivity contribution in [2.24, 2.45) is 0 Å². The second-order valence-electron chi connectivity index (χ2n) is 3.94. The Hall–Kier alpha value is -0.250. The van der Waals surface area contributed by atoms with Crippen LogP contribution in [0.2, 0.25) is 0 Å². The molecule has 0 fully saturated rings. The van der Waals surface area contributed by atoms with Crippen LogP contribution in [-0.2, 0) is 0 Å². The van der Waals surface area contributed by atoms with E-state index in [1.54, 1.807) is 0 Å². The zero-order valence-electron chi connectivity index (χ0n) is 9.12. The fourth-order valence-electron chi connectivity index (χ4n) is 1.87. The number of unbranched alkanes of at least 4 members (excludes halogenated alkanes) is 1. The average molecular weight is 221 g/mol. The highest BCUT2D eigenvalue weighted by Crippen LogP contribution is 2.17. The van der Waals surface area contributed by atoms with Gasteiger partial charge in [-0.25, -0.2) is 0 Å². The highest BCUT2D eigenvalue weighted by Gasteiger charge is 2.29. The van der Waals surface area contributed by atoms with Crippen LogP contribution in [0.5, 0.6) is 0 Å². The van der Waals surface area contributed by atoms with Crippen molar-refractivity contribution in [2.45, 2.75) is 19.8 Å². The molecule has 0 bridgehead atoms. The molecule has 0 radical (unpaired) electrons. The van der Waals surface area contributed by atoms with Gasteiger partial charge >= 0.3 is 0 Å². The number of rotatable bonds is 5. The summed E-state index contributed by atoms with van der Waals surface area (Å²) in [5.74, 6) is 0. The lowest BCUT2D eigenvalue weighted by Crippen LogP contribution is -3.00. The second kappa shape index (κ2) is 6.27. The molecule has 0 saturated heterocycles. The van der Waals surface area contributed by atoms with Crippen molar-refractivity contribution in [3.05, 3.63) is 12.4 Å². The lowest BCUT2D eigenvalue weighted by atomic mass is 10.3. The third kappa shape index (κ3) is 3.48. The van der Waals surface area contributed by atoms with E-state index in [-0.39, 0.29) is 19.0 Å². The fourth-order valence-corrected chi connectivity index (χ4v) is 1.87. The van der Waals surface area contributed by atoms with E-state index in [2.05, 4.69) is 31.3 Å². The van der Waals surface area contributed by atoms with Gasteiger partial charge in [0.25, 0.3) is 0 Å². The Morgan fingerprint density at radius 3 is 2.57 bits per heavy atom. The van der Waals surface area contributed by atoms with Crippen LogP contribution in [-0.4, -0.2) is 47.9 Å². The van der Waals surface area contributed by atoms with Crippen molar-refractivity contribution >= 4 is 0 Å². The number of nitrogens with zero attached hydrogens (tertiary/aromatic N) is 2. The van der Waals surface area contributed by atoms with Crippen LogP contribution >= 0.6 is 0 Å². The molecule has 0 aromatic heterocycles. The maximum absolute atomic E-state index is 9.01. The molecule has 1 atom stereocenters. The fraction of sp³-hybridized carbons (Fsp3) is 0.800. The summed E-state index contributed by atoms with van der Waals surface area (Å²) >= 11 is 0. The minimum absolute atomic E-state index is 0. The van der Waals surface area contributed by atoms with Gasteiger partial charge in [-0.3, -0.25) is 4.48 Å². The van der Waals surface area contributed by atoms with E-state index in [4.69, 9.17) is 5.11 Å². The number of hydrogen-bond donors (Lipinski definition) is 1. The van der Waals surface area contributed by atoms with Crippen LogP contribution in [0.15, 0.2) is 12.4 Å². The predicted octanol–water partition coefficient (Wildman–Crippen LogP) is -2.03. The van der Waals surface area contributed by atoms with Gasteiger partial charge in [-0.05, 0) is 6.42 Å². The van der Waals surface area contributed by atoms with Gasteiger partial charge in [0.2, 0.25) is 0 Å². The zero-order chi connectivity index (χ0) is 9.73. The van der Waals surface area contributed by atoms with E-state index in [0.29, 0.717) is 0 Å². The van der Waals surface area contributed by atoms with Crippen molar-refractivity contribution in [1.29, 1.82) is 0 Å². The molecular weight excluding hydrogens is 200 g/mol. The first-order valence-electron chi connectivity index (χ1n) is 5.09. The zero-order valence-corrected chi connectivity index (χ0v) is 9.87. The molecule has 1 heterocycles. The molecule has 0 aromatic carbocycles. The Morgan fingerprint density at radius 2 is 2.14 bits per heavy atom. The van der Waals surface area contributed by atoms with Crippen molar-refractivity contribution in [2.75, 3.05) is 33.4 Å². The van der Waals surface area contributed by atoms with Gasteiger partial charge in [-0.15, -0.1) is 0 Å². The van der Waals surface area contributed by atoms with Crippen molar-refractivity contribution in [3.8, 4) is 0 Å². The molecule has 1 unspecified atom stereocenters. The van der Waals surface area contributed by atoms with E-state index in [1.165, 1.54) is 12.8 Å². The molecule has 14 heavy (non-hydrogen) atoms. The van der Waals surface area contributed by atoms with Gasteiger partial charge in [-0.2, -0.15) is 0 Å². The van der Waals surface area contributed by atoms with E-state index >= 15 is 0 Å². The molecule has 84 valence electrons. The summed E-state index contributed by atoms with van der Waals surface area (Å²) < 4.78 is 0.931. The number of halogens is 1. The third-order valence-electron chi connectivity index (χ3n) is 2.64. The first-order valence-corrected chi connectivity index (χ1v) is 5.09. The summed E-state index contributed by atoms with van der Waals surface area (Å²) in [6.45, 7) is 5.50. The maximum Gasteiger partial charge on any atom is 0.158 e. The second-order valence-corrected chi connectivity index (χ2v) is 3.94. The minimum Gasteiger partial charge on any atom is -1.00 e. The monoisotopic (exact) mass is 220 g/mol. The predicted molar refractivity (Wildman–Crippen MR) is 53.8 cm³/mol. The van der Waals surface area contributed by atoms with Crippen molar-refractivity contribution in [3.63, 3.8) is 0 Å². The quantitative estimate of drug-likeness (QED) is 0.541. The van der Waals surface area contributed by atoms with E-state index in [0.717, 1.165) is 24.2 Å². The molecule has 0 aliphatic carbocycles. The molecular formula is C10H21ClN2O. The van der Waals surface area contributed by atoms with Crippen LogP contribution in [0.3, 0.4) is 0 Å². The Morgan fingerprint density at radius 1 is 1.43 bits per heavy atom. The molecule has 4 heteroatoms. The topological polar surface area (TPSA) is 23.5 Å². The largest absolute Gasteiger partial charge is 1.00 e. The Bertz CT molecular complexity index is 187. The van der Waals surface area contributed by atoms with Gasteiger partial charge in [0.1, 0.15) is 12.7 Å². The third-order valence-corrected chi connectivity index (χ3v) is 2.64. The molecule has 3 nitrogen and oxygen atoms in total. The Balaban J connectivity index is 0.00000169. The van der Waals surface area contributed by atoms with Gasteiger partial charge in [0.15, 0.2) is 6.67 Å². The van der Waals surface area contributed by atoms with Gasteiger partial charge in [-0.1, -0.05) is 13.3 Å². The Kier molecular flexibility index (Phi) is 6.16. The van der Waals surface area contributed by atoms with Gasteiger partial charge in [0.05, 0.1) is 19.4 Å². The summed E-state index contributed by atoms with van der Waals surface area (Å²) in [6.07, 6.45) is 6.79. The maximum atomic E-state index is 9.01. The van der Waals surface area contributed by atoms with Crippen LogP contribution in [0.25, 0.3) is 0 Å². The van der Waals surface area contributed by atoms with Gasteiger partial charge in [0, 0.05) is 7.05 Å². The molecule has 1 N–H and O–H groups in total. The average Bonchev–Trinajstić information content (AvgIpc) is 2.46. The smallest absolute Gasteiger partial charge is 0.158 e. The van der Waals surface area contributed by atoms with Crippen molar-refractivity contribution < 1.29 is 22.0 Å². The van der Waals surface area contributed by atoms with Crippen molar-refractivity contribution in [1.82, 2.24) is 4.90 Å². The lowest BCUT2D eigenvalue weighted by molar-refractivity contribution is -0.881. The lowest BCUT2D eigenvalue weighted by Gasteiger charge is -2.31. The standard InChI is InChI=1S/C10H21N2O.ClH/c1-3-4-6-12(8-9-13)7-5-11(2)10-12;/h5,7,13H,3-4,6,8-10H2,1-2H3;1H/q+1;/p-1. The number of quaternary nitrogens is 1. The van der Waals surface area contributed by atoms with Crippen LogP contribution < -0.4 is 12.4 Å². The minimum atomic E-state index is 0. The highest BCUT2D eigenvalue weighted by molar-refractivity contribution is 4.79. The van der Waals surface area contributed by atoms with Crippen LogP contribution in [0, 0.1) is 0 Å². The van der Waals surface area contributed by atoms with E-state index in [9.17, 15) is 0 Å². The Labute approximate surface area is 93.0 Å². The number of aliphatic hydroxyl groups excluding tert-OH is 1. The summed E-state index contributed by atoms with van der Waals surface area (Å²) in [7, 11) is 2.08. The molecule has 0 saturated carbocycles. The summed E-state index contributed by atoms with van der Waals surface area (Å²) in [4.78, 5) is 2.19. The molecule has 0 amide bonds. The number of hydrogen-bond acceptors (Lipinski definition) is 2. The normalized spacial score (nSPS) is 25.2. The number of aliphatic hydroxyl groups is 1. The van der Waals surface area contributed by atoms with E-state index < -0.39 is 0 Å². The summed E-state index contributed by atoms with van der Waals surface area (Å²) in [6, 6.07) is 0.